The molecule has 0 aliphatic heterocycles. The van der Waals surface area contributed by atoms with E-state index in [1.54, 1.807) is 0 Å². The summed E-state index contributed by atoms with van der Waals surface area (Å²) in [6, 6.07) is 0. The van der Waals surface area contributed by atoms with Gasteiger partial charge in [-0.1, -0.05) is 0 Å². The summed E-state index contributed by atoms with van der Waals surface area (Å²) in [5.41, 5.74) is 5.25. The normalized spacial score (nSPS) is 15.2. The molecule has 0 bridgehead atoms. The molecule has 0 saturated heterocycles. The lowest BCUT2D eigenvalue weighted by molar-refractivity contribution is -0.870. The van der Waals surface area contributed by atoms with E-state index in [1.165, 1.54) is 0 Å². The highest BCUT2D eigenvalue weighted by molar-refractivity contribution is 7.47. The van der Waals surface area contributed by atoms with Gasteiger partial charge in [-0.15, -0.1) is 0 Å². The van der Waals surface area contributed by atoms with E-state index in [0.717, 1.165) is 0 Å². The summed E-state index contributed by atoms with van der Waals surface area (Å²) in [6.07, 6.45) is 0. The van der Waals surface area contributed by atoms with Gasteiger partial charge in [-0.05, 0) is 0 Å². The third-order valence-electron chi connectivity index (χ3n) is 2.13. The quantitative estimate of drug-likeness (QED) is 0.276. The number of quaternary nitrogens is 1. The Kier molecular flexibility index (Phi) is 10.6. The van der Waals surface area contributed by atoms with Crippen molar-refractivity contribution < 1.29 is 32.5 Å². The van der Waals surface area contributed by atoms with Gasteiger partial charge < -0.3 is 24.6 Å². The fourth-order valence-electron chi connectivity index (χ4n) is 1.08. The van der Waals surface area contributed by atoms with Crippen molar-refractivity contribution in [3.05, 3.63) is 0 Å². The van der Waals surface area contributed by atoms with E-state index in [1.807, 2.05) is 21.1 Å². The number of phosphoric acid groups is 1. The van der Waals surface area contributed by atoms with Crippen LogP contribution in [0.2, 0.25) is 0 Å². The molecule has 0 radical (unpaired) electrons. The van der Waals surface area contributed by atoms with E-state index < -0.39 is 7.82 Å². The number of hydrogen-bond donors (Lipinski definition) is 2. The molecular weight excluding hydrogens is 287 g/mol. The van der Waals surface area contributed by atoms with Crippen LogP contribution in [0, 0.1) is 0 Å². The van der Waals surface area contributed by atoms with Crippen molar-refractivity contribution in [1.82, 2.24) is 0 Å². The molecule has 0 heterocycles. The number of rotatable bonds is 13. The van der Waals surface area contributed by atoms with Gasteiger partial charge in [-0.2, -0.15) is 0 Å². The molecule has 9 heteroatoms. The van der Waals surface area contributed by atoms with Crippen molar-refractivity contribution in [2.75, 3.05) is 73.9 Å². The SMILES string of the molecule is C[N+](C)(C)CCOP(=O)(O)OCCOCCOCCN. The van der Waals surface area contributed by atoms with Gasteiger partial charge in [0, 0.05) is 6.54 Å². The van der Waals surface area contributed by atoms with Gasteiger partial charge in [0.25, 0.3) is 0 Å². The minimum Gasteiger partial charge on any atom is -0.378 e. The molecule has 0 aromatic heterocycles. The molecule has 122 valence electrons. The molecule has 0 rings (SSSR count). The van der Waals surface area contributed by atoms with Crippen LogP contribution < -0.4 is 5.73 Å². The molecule has 1 unspecified atom stereocenters. The average Bonchev–Trinajstić information content (AvgIpc) is 2.30. The topological polar surface area (TPSA) is 100 Å². The van der Waals surface area contributed by atoms with Crippen LogP contribution in [0.5, 0.6) is 0 Å². The largest absolute Gasteiger partial charge is 0.472 e. The van der Waals surface area contributed by atoms with E-state index in [9.17, 15) is 9.46 Å². The molecule has 0 fully saturated rings. The molecule has 1 atom stereocenters. The third-order valence-corrected chi connectivity index (χ3v) is 3.15. The first-order valence-corrected chi connectivity index (χ1v) is 8.04. The van der Waals surface area contributed by atoms with Gasteiger partial charge in [0.05, 0.1) is 54.2 Å². The predicted octanol–water partition coefficient (Wildman–Crippen LogP) is -0.182. The second-order valence-electron chi connectivity index (χ2n) is 5.16. The first-order valence-electron chi connectivity index (χ1n) is 6.55. The summed E-state index contributed by atoms with van der Waals surface area (Å²) in [5, 5.41) is 0. The summed E-state index contributed by atoms with van der Waals surface area (Å²) in [4.78, 5) is 9.39. The second kappa shape index (κ2) is 10.6. The van der Waals surface area contributed by atoms with Crippen LogP contribution in [0.3, 0.4) is 0 Å². The lowest BCUT2D eigenvalue weighted by Gasteiger charge is -2.24. The first kappa shape index (κ1) is 19.9. The summed E-state index contributed by atoms with van der Waals surface area (Å²) in [6.45, 7) is 2.76. The van der Waals surface area contributed by atoms with Crippen molar-refractivity contribution in [1.29, 1.82) is 0 Å². The zero-order valence-corrected chi connectivity index (χ0v) is 13.5. The maximum absolute atomic E-state index is 11.5. The Bertz CT molecular complexity index is 285. The Morgan fingerprint density at radius 2 is 1.45 bits per heavy atom. The highest BCUT2D eigenvalue weighted by Gasteiger charge is 2.22. The van der Waals surface area contributed by atoms with Crippen molar-refractivity contribution in [2.45, 2.75) is 0 Å². The van der Waals surface area contributed by atoms with E-state index in [2.05, 4.69) is 0 Å². The minimum absolute atomic E-state index is 0.00492. The Hall–Kier alpha value is -0.0500. The van der Waals surface area contributed by atoms with Gasteiger partial charge in [-0.25, -0.2) is 4.57 Å². The number of likely N-dealkylation sites (N-methyl/N-ethyl adjacent to an activating group) is 1. The smallest absolute Gasteiger partial charge is 0.378 e. The van der Waals surface area contributed by atoms with Crippen molar-refractivity contribution in [3.8, 4) is 0 Å². The fourth-order valence-corrected chi connectivity index (χ4v) is 1.78. The molecule has 3 N–H and O–H groups in total. The van der Waals surface area contributed by atoms with E-state index in [-0.39, 0.29) is 19.8 Å². The van der Waals surface area contributed by atoms with Crippen molar-refractivity contribution in [2.24, 2.45) is 5.73 Å². The lowest BCUT2D eigenvalue weighted by Crippen LogP contribution is -2.37. The van der Waals surface area contributed by atoms with E-state index >= 15 is 0 Å². The first-order chi connectivity index (χ1) is 9.27. The zero-order valence-electron chi connectivity index (χ0n) is 12.6. The van der Waals surface area contributed by atoms with Gasteiger partial charge >= 0.3 is 7.82 Å². The van der Waals surface area contributed by atoms with Gasteiger partial charge in [0.1, 0.15) is 13.2 Å². The highest BCUT2D eigenvalue weighted by atomic mass is 31.2. The molecule has 20 heavy (non-hydrogen) atoms. The maximum Gasteiger partial charge on any atom is 0.472 e. The molecule has 0 amide bonds. The van der Waals surface area contributed by atoms with Gasteiger partial charge in [0.2, 0.25) is 0 Å². The van der Waals surface area contributed by atoms with Crippen LogP contribution in [0.4, 0.5) is 0 Å². The molecule has 0 aliphatic rings. The zero-order chi connectivity index (χ0) is 15.5. The van der Waals surface area contributed by atoms with Crippen LogP contribution in [0.25, 0.3) is 0 Å². The molecule has 0 saturated carbocycles. The maximum atomic E-state index is 11.5. The molecule has 0 spiro atoms. The second-order valence-corrected chi connectivity index (χ2v) is 6.62. The number of phosphoric ester groups is 1. The minimum atomic E-state index is -3.98. The molecular formula is C11H28N2O6P+. The Labute approximate surface area is 120 Å². The van der Waals surface area contributed by atoms with Crippen molar-refractivity contribution in [3.63, 3.8) is 0 Å². The monoisotopic (exact) mass is 315 g/mol. The highest BCUT2D eigenvalue weighted by Crippen LogP contribution is 2.42. The Balaban J connectivity index is 3.50. The van der Waals surface area contributed by atoms with E-state index in [4.69, 9.17) is 24.3 Å². The number of nitrogens with two attached hydrogens (primary N) is 1. The fraction of sp³-hybridized carbons (Fsp3) is 1.00. The van der Waals surface area contributed by atoms with Gasteiger partial charge in [-0.3, -0.25) is 9.05 Å². The number of ether oxygens (including phenoxy) is 2. The molecule has 0 aromatic rings. The lowest BCUT2D eigenvalue weighted by atomic mass is 10.5. The van der Waals surface area contributed by atoms with Crippen LogP contribution in [0.15, 0.2) is 0 Å². The number of hydrogen-bond acceptors (Lipinski definition) is 6. The van der Waals surface area contributed by atoms with Crippen LogP contribution in [-0.4, -0.2) is 83.3 Å². The summed E-state index contributed by atoms with van der Waals surface area (Å²) >= 11 is 0. The standard InChI is InChI=1S/C11H27N2O6P/c1-13(2,3)5-7-18-20(14,15)19-11-10-17-9-8-16-6-4-12/h4-12H2,1-3H3/p+1. The summed E-state index contributed by atoms with van der Waals surface area (Å²) in [5.74, 6) is 0. The number of nitrogens with zero attached hydrogens (tertiary/aromatic N) is 1. The summed E-state index contributed by atoms with van der Waals surface area (Å²) in [7, 11) is 1.91. The third kappa shape index (κ3) is 14.4. The molecule has 0 aliphatic carbocycles. The Morgan fingerprint density at radius 1 is 0.950 bits per heavy atom. The molecule has 8 nitrogen and oxygen atoms in total. The summed E-state index contributed by atoms with van der Waals surface area (Å²) < 4.78 is 32.0. The van der Waals surface area contributed by atoms with Gasteiger partial charge in [0.15, 0.2) is 0 Å². The van der Waals surface area contributed by atoms with Crippen LogP contribution in [-0.2, 0) is 23.1 Å². The van der Waals surface area contributed by atoms with E-state index in [0.29, 0.717) is 37.4 Å². The van der Waals surface area contributed by atoms with Crippen LogP contribution in [0.1, 0.15) is 0 Å². The predicted molar refractivity (Wildman–Crippen MR) is 75.3 cm³/mol. The average molecular weight is 315 g/mol. The molecule has 0 aromatic carbocycles. The van der Waals surface area contributed by atoms with Crippen LogP contribution >= 0.6 is 7.82 Å². The van der Waals surface area contributed by atoms with Crippen molar-refractivity contribution >= 4 is 7.82 Å². The Morgan fingerprint density at radius 3 is 2.00 bits per heavy atom.